The lowest BCUT2D eigenvalue weighted by Gasteiger charge is -2.12. The maximum absolute atomic E-state index is 4.59. The van der Waals surface area contributed by atoms with Gasteiger partial charge < -0.3 is 5.32 Å². The maximum atomic E-state index is 4.59. The third-order valence-corrected chi connectivity index (χ3v) is 3.98. The van der Waals surface area contributed by atoms with Crippen molar-refractivity contribution >= 4 is 11.3 Å². The second-order valence-electron chi connectivity index (χ2n) is 4.76. The fraction of sp³-hybridized carbons (Fsp3) is 0.400. The zero-order valence-electron chi connectivity index (χ0n) is 11.4. The van der Waals surface area contributed by atoms with Crippen molar-refractivity contribution in [3.8, 4) is 0 Å². The molecule has 1 aromatic heterocycles. The first kappa shape index (κ1) is 13.2. The van der Waals surface area contributed by atoms with Crippen molar-refractivity contribution in [3.63, 3.8) is 0 Å². The summed E-state index contributed by atoms with van der Waals surface area (Å²) in [4.78, 5) is 5.91. The molecule has 1 atom stereocenters. The lowest BCUT2D eigenvalue weighted by atomic mass is 10.1. The normalized spacial score (nSPS) is 12.7. The van der Waals surface area contributed by atoms with E-state index < -0.39 is 0 Å². The summed E-state index contributed by atoms with van der Waals surface area (Å²) >= 11 is 1.77. The highest BCUT2D eigenvalue weighted by molar-refractivity contribution is 7.11. The van der Waals surface area contributed by atoms with Gasteiger partial charge in [0, 0.05) is 17.5 Å². The monoisotopic (exact) mass is 260 g/mol. The highest BCUT2D eigenvalue weighted by atomic mass is 32.1. The molecule has 0 spiro atoms. The van der Waals surface area contributed by atoms with Gasteiger partial charge in [-0.05, 0) is 33.3 Å². The molecular formula is C15H20N2S. The van der Waals surface area contributed by atoms with Crippen molar-refractivity contribution in [1.29, 1.82) is 0 Å². The van der Waals surface area contributed by atoms with E-state index in [1.807, 2.05) is 0 Å². The Morgan fingerprint density at radius 1 is 1.17 bits per heavy atom. The molecule has 0 saturated carbocycles. The van der Waals surface area contributed by atoms with Crippen LogP contribution in [0.5, 0.6) is 0 Å². The molecule has 0 amide bonds. The predicted molar refractivity (Wildman–Crippen MR) is 78.0 cm³/mol. The molecule has 0 radical (unpaired) electrons. The van der Waals surface area contributed by atoms with Gasteiger partial charge in [0.15, 0.2) is 0 Å². The standard InChI is InChI=1S/C15H20N2S/c1-10-5-7-14(8-6-10)9-16-11(2)15-12(3)18-13(4)17-15/h5-8,11,16H,9H2,1-4H3. The fourth-order valence-corrected chi connectivity index (χ4v) is 2.93. The van der Waals surface area contributed by atoms with Crippen LogP contribution in [0.4, 0.5) is 0 Å². The lowest BCUT2D eigenvalue weighted by molar-refractivity contribution is 0.561. The number of nitrogens with one attached hydrogen (secondary N) is 1. The average molecular weight is 260 g/mol. The number of benzene rings is 1. The van der Waals surface area contributed by atoms with Crippen LogP contribution in [0, 0.1) is 20.8 Å². The van der Waals surface area contributed by atoms with Crippen LogP contribution in [0.1, 0.15) is 39.7 Å². The molecule has 1 aromatic carbocycles. The smallest absolute Gasteiger partial charge is 0.0900 e. The summed E-state index contributed by atoms with van der Waals surface area (Å²) in [7, 11) is 0. The molecule has 2 aromatic rings. The van der Waals surface area contributed by atoms with E-state index in [1.165, 1.54) is 21.7 Å². The van der Waals surface area contributed by atoms with Gasteiger partial charge in [-0.3, -0.25) is 0 Å². The molecule has 0 bridgehead atoms. The van der Waals surface area contributed by atoms with Gasteiger partial charge in [-0.2, -0.15) is 0 Å². The van der Waals surface area contributed by atoms with E-state index in [0.717, 1.165) is 11.6 Å². The third kappa shape index (κ3) is 3.18. The molecule has 0 fully saturated rings. The summed E-state index contributed by atoms with van der Waals surface area (Å²) in [5, 5.41) is 4.68. The van der Waals surface area contributed by atoms with Gasteiger partial charge in [-0.15, -0.1) is 11.3 Å². The molecule has 0 aliphatic carbocycles. The Labute approximate surface area is 113 Å². The zero-order valence-corrected chi connectivity index (χ0v) is 12.3. The minimum atomic E-state index is 0.302. The number of aryl methyl sites for hydroxylation is 3. The fourth-order valence-electron chi connectivity index (χ4n) is 2.02. The Hall–Kier alpha value is -1.19. The molecule has 2 nitrogen and oxygen atoms in total. The largest absolute Gasteiger partial charge is 0.305 e. The van der Waals surface area contributed by atoms with Gasteiger partial charge in [0.05, 0.1) is 10.7 Å². The van der Waals surface area contributed by atoms with Crippen LogP contribution >= 0.6 is 11.3 Å². The highest BCUT2D eigenvalue weighted by Crippen LogP contribution is 2.22. The Balaban J connectivity index is 1.98. The predicted octanol–water partition coefficient (Wildman–Crippen LogP) is 3.92. The molecule has 2 rings (SSSR count). The molecular weight excluding hydrogens is 240 g/mol. The van der Waals surface area contributed by atoms with Crippen LogP contribution in [-0.2, 0) is 6.54 Å². The Kier molecular flexibility index (Phi) is 4.15. The van der Waals surface area contributed by atoms with Gasteiger partial charge in [-0.1, -0.05) is 29.8 Å². The van der Waals surface area contributed by atoms with Gasteiger partial charge >= 0.3 is 0 Å². The van der Waals surface area contributed by atoms with E-state index >= 15 is 0 Å². The number of rotatable bonds is 4. The average Bonchev–Trinajstić information content (AvgIpc) is 2.67. The van der Waals surface area contributed by atoms with E-state index in [4.69, 9.17) is 0 Å². The summed E-state index contributed by atoms with van der Waals surface area (Å²) < 4.78 is 0. The number of hydrogen-bond donors (Lipinski definition) is 1. The van der Waals surface area contributed by atoms with Crippen molar-refractivity contribution in [2.45, 2.75) is 40.3 Å². The first-order chi connectivity index (χ1) is 8.56. The topological polar surface area (TPSA) is 24.9 Å². The SMILES string of the molecule is Cc1ccc(CNC(C)c2nc(C)sc2C)cc1. The van der Waals surface area contributed by atoms with Crippen molar-refractivity contribution < 1.29 is 0 Å². The maximum Gasteiger partial charge on any atom is 0.0900 e. The van der Waals surface area contributed by atoms with E-state index in [1.54, 1.807) is 11.3 Å². The minimum Gasteiger partial charge on any atom is -0.305 e. The van der Waals surface area contributed by atoms with Crippen LogP contribution in [0.15, 0.2) is 24.3 Å². The number of thiazole rings is 1. The number of aromatic nitrogens is 1. The second-order valence-corrected chi connectivity index (χ2v) is 6.17. The molecule has 96 valence electrons. The summed E-state index contributed by atoms with van der Waals surface area (Å²) in [5.74, 6) is 0. The van der Waals surface area contributed by atoms with Crippen LogP contribution in [-0.4, -0.2) is 4.98 Å². The quantitative estimate of drug-likeness (QED) is 0.901. The molecule has 0 aliphatic heterocycles. The third-order valence-electron chi connectivity index (χ3n) is 3.08. The Bertz CT molecular complexity index is 514. The first-order valence-electron chi connectivity index (χ1n) is 6.29. The summed E-state index contributed by atoms with van der Waals surface area (Å²) in [6.45, 7) is 9.38. The van der Waals surface area contributed by atoms with E-state index in [9.17, 15) is 0 Å². The lowest BCUT2D eigenvalue weighted by Crippen LogP contribution is -2.19. The second kappa shape index (κ2) is 5.63. The van der Waals surface area contributed by atoms with E-state index in [-0.39, 0.29) is 0 Å². The number of nitrogens with zero attached hydrogens (tertiary/aromatic N) is 1. The first-order valence-corrected chi connectivity index (χ1v) is 7.11. The molecule has 0 saturated heterocycles. The Morgan fingerprint density at radius 3 is 2.39 bits per heavy atom. The van der Waals surface area contributed by atoms with Crippen LogP contribution < -0.4 is 5.32 Å². The van der Waals surface area contributed by atoms with Gasteiger partial charge in [0.2, 0.25) is 0 Å². The molecule has 1 heterocycles. The van der Waals surface area contributed by atoms with Crippen LogP contribution in [0.2, 0.25) is 0 Å². The molecule has 0 aliphatic rings. The summed E-state index contributed by atoms with van der Waals surface area (Å²) in [6, 6.07) is 8.96. The molecule has 1 N–H and O–H groups in total. The van der Waals surface area contributed by atoms with Crippen molar-refractivity contribution in [3.05, 3.63) is 51.0 Å². The summed E-state index contributed by atoms with van der Waals surface area (Å²) in [5.41, 5.74) is 3.81. The van der Waals surface area contributed by atoms with Gasteiger partial charge in [-0.25, -0.2) is 4.98 Å². The Morgan fingerprint density at radius 2 is 1.83 bits per heavy atom. The van der Waals surface area contributed by atoms with Crippen LogP contribution in [0.25, 0.3) is 0 Å². The molecule has 1 unspecified atom stereocenters. The molecule has 18 heavy (non-hydrogen) atoms. The van der Waals surface area contributed by atoms with Crippen molar-refractivity contribution in [1.82, 2.24) is 10.3 Å². The van der Waals surface area contributed by atoms with E-state index in [2.05, 4.69) is 62.3 Å². The van der Waals surface area contributed by atoms with Crippen molar-refractivity contribution in [2.24, 2.45) is 0 Å². The molecule has 3 heteroatoms. The zero-order chi connectivity index (χ0) is 13.1. The van der Waals surface area contributed by atoms with Gasteiger partial charge in [0.1, 0.15) is 0 Å². The summed E-state index contributed by atoms with van der Waals surface area (Å²) in [6.07, 6.45) is 0. The van der Waals surface area contributed by atoms with Gasteiger partial charge in [0.25, 0.3) is 0 Å². The highest BCUT2D eigenvalue weighted by Gasteiger charge is 2.12. The van der Waals surface area contributed by atoms with E-state index in [0.29, 0.717) is 6.04 Å². The number of hydrogen-bond acceptors (Lipinski definition) is 3. The van der Waals surface area contributed by atoms with Crippen molar-refractivity contribution in [2.75, 3.05) is 0 Å². The van der Waals surface area contributed by atoms with Crippen LogP contribution in [0.3, 0.4) is 0 Å². The minimum absolute atomic E-state index is 0.302.